The summed E-state index contributed by atoms with van der Waals surface area (Å²) in [5, 5.41) is 9.11. The lowest BCUT2D eigenvalue weighted by Gasteiger charge is -2.15. The number of carbonyl (C=O) groups is 2. The second-order valence-electron chi connectivity index (χ2n) is 9.12. The van der Waals surface area contributed by atoms with Crippen LogP contribution in [0.25, 0.3) is 17.2 Å². The van der Waals surface area contributed by atoms with Crippen molar-refractivity contribution in [3.63, 3.8) is 0 Å². The van der Waals surface area contributed by atoms with Crippen molar-refractivity contribution in [2.45, 2.75) is 6.42 Å². The van der Waals surface area contributed by atoms with Crippen LogP contribution in [-0.2, 0) is 11.2 Å². The molecule has 10 heteroatoms. The predicted molar refractivity (Wildman–Crippen MR) is 158 cm³/mol. The second-order valence-corrected chi connectivity index (χ2v) is 11.2. The lowest BCUT2D eigenvalue weighted by atomic mass is 10.0. The quantitative estimate of drug-likeness (QED) is 0.224. The molecule has 1 heterocycles. The Morgan fingerprint density at radius 3 is 2.49 bits per heavy atom. The Morgan fingerprint density at radius 1 is 1.13 bits per heavy atom. The molecule has 1 amide bonds. The summed E-state index contributed by atoms with van der Waals surface area (Å²) in [6.07, 6.45) is 2.29. The molecule has 1 N–H and O–H groups in total. The summed E-state index contributed by atoms with van der Waals surface area (Å²) in [6.45, 7) is 1.54. The van der Waals surface area contributed by atoms with Gasteiger partial charge in [0.25, 0.3) is 5.91 Å². The van der Waals surface area contributed by atoms with Crippen molar-refractivity contribution >= 4 is 57.9 Å². The molecular formula is C29H26ClFN2O4S2. The zero-order chi connectivity index (χ0) is 28.1. The van der Waals surface area contributed by atoms with Gasteiger partial charge in [-0.05, 0) is 79.7 Å². The summed E-state index contributed by atoms with van der Waals surface area (Å²) in [5.74, 6) is -1.08. The van der Waals surface area contributed by atoms with Gasteiger partial charge in [-0.2, -0.15) is 0 Å². The van der Waals surface area contributed by atoms with E-state index in [2.05, 4.69) is 0 Å². The van der Waals surface area contributed by atoms with E-state index in [9.17, 15) is 14.0 Å². The topological polar surface area (TPSA) is 70.1 Å². The molecule has 6 nitrogen and oxygen atoms in total. The summed E-state index contributed by atoms with van der Waals surface area (Å²) in [5.41, 5.74) is 3.33. The summed E-state index contributed by atoms with van der Waals surface area (Å²) in [4.78, 5) is 28.4. The van der Waals surface area contributed by atoms with E-state index in [0.29, 0.717) is 46.7 Å². The maximum Gasteiger partial charge on any atom is 0.335 e. The fourth-order valence-corrected chi connectivity index (χ4v) is 5.36. The van der Waals surface area contributed by atoms with Gasteiger partial charge < -0.3 is 14.7 Å². The Kier molecular flexibility index (Phi) is 9.40. The average molecular weight is 585 g/mol. The highest BCUT2D eigenvalue weighted by atomic mass is 35.5. The van der Waals surface area contributed by atoms with Gasteiger partial charge in [0.05, 0.1) is 15.5 Å². The van der Waals surface area contributed by atoms with Crippen molar-refractivity contribution in [2.75, 3.05) is 33.8 Å². The molecule has 0 atom stereocenters. The number of halogens is 2. The molecule has 0 aromatic heterocycles. The number of thiocarbonyl (C=S) groups is 1. The first-order valence-electron chi connectivity index (χ1n) is 12.1. The van der Waals surface area contributed by atoms with Crippen molar-refractivity contribution in [1.82, 2.24) is 9.80 Å². The van der Waals surface area contributed by atoms with Gasteiger partial charge in [-0.25, -0.2) is 9.18 Å². The zero-order valence-electron chi connectivity index (χ0n) is 21.3. The largest absolute Gasteiger partial charge is 0.492 e. The fraction of sp³-hybridized carbons (Fsp3) is 0.207. The molecule has 3 aromatic carbocycles. The maximum absolute atomic E-state index is 13.7. The Bertz CT molecular complexity index is 1440. The summed E-state index contributed by atoms with van der Waals surface area (Å²) < 4.78 is 20.2. The molecule has 1 aliphatic heterocycles. The molecule has 0 bridgehead atoms. The molecular weight excluding hydrogens is 559 g/mol. The van der Waals surface area contributed by atoms with Crippen LogP contribution in [0.3, 0.4) is 0 Å². The van der Waals surface area contributed by atoms with Gasteiger partial charge in [-0.3, -0.25) is 9.69 Å². The molecule has 1 aliphatic rings. The number of carboxylic acids is 1. The van der Waals surface area contributed by atoms with E-state index >= 15 is 0 Å². The van der Waals surface area contributed by atoms with Crippen molar-refractivity contribution in [1.29, 1.82) is 0 Å². The molecule has 0 unspecified atom stereocenters. The van der Waals surface area contributed by atoms with Crippen molar-refractivity contribution in [3.8, 4) is 16.9 Å². The number of carbonyl (C=O) groups excluding carboxylic acids is 1. The molecule has 39 heavy (non-hydrogen) atoms. The normalized spacial score (nSPS) is 14.5. The highest BCUT2D eigenvalue weighted by Crippen LogP contribution is 2.36. The number of nitrogens with zero attached hydrogens (tertiary/aromatic N) is 2. The third-order valence-electron chi connectivity index (χ3n) is 6.04. The van der Waals surface area contributed by atoms with Crippen LogP contribution >= 0.6 is 35.6 Å². The minimum Gasteiger partial charge on any atom is -0.492 e. The van der Waals surface area contributed by atoms with Crippen LogP contribution in [0.5, 0.6) is 5.75 Å². The first kappa shape index (κ1) is 28.8. The van der Waals surface area contributed by atoms with Crippen LogP contribution < -0.4 is 4.74 Å². The lowest BCUT2D eigenvalue weighted by Crippen LogP contribution is -2.30. The average Bonchev–Trinajstić information content (AvgIpc) is 3.16. The molecule has 0 spiro atoms. The number of thioether (sulfide) groups is 1. The standard InChI is InChI=1S/C29H26ClFN2O4S2/c1-32(2)13-14-37-25-10-8-20(21-7-9-24(31)23(30)16-21)15-22(25)17-26-27(34)33(29(38)39-26)12-11-18-3-5-19(6-4-18)28(35)36/h3-10,15-17H,11-14H2,1-2H3,(H,35,36)/b26-17-. The Morgan fingerprint density at radius 2 is 1.82 bits per heavy atom. The van der Waals surface area contributed by atoms with Gasteiger partial charge in [-0.1, -0.05) is 59.8 Å². The maximum atomic E-state index is 13.7. The molecule has 0 aliphatic carbocycles. The van der Waals surface area contributed by atoms with E-state index in [-0.39, 0.29) is 16.5 Å². The van der Waals surface area contributed by atoms with E-state index in [1.165, 1.54) is 17.8 Å². The fourth-order valence-electron chi connectivity index (χ4n) is 3.88. The molecule has 3 aromatic rings. The number of hydrogen-bond donors (Lipinski definition) is 1. The third-order valence-corrected chi connectivity index (χ3v) is 7.71. The molecule has 202 valence electrons. The highest BCUT2D eigenvalue weighted by Gasteiger charge is 2.32. The van der Waals surface area contributed by atoms with Crippen molar-refractivity contribution < 1.29 is 23.8 Å². The van der Waals surface area contributed by atoms with Gasteiger partial charge >= 0.3 is 5.97 Å². The number of ether oxygens (including phenoxy) is 1. The summed E-state index contributed by atoms with van der Waals surface area (Å²) in [7, 11) is 3.91. The van der Waals surface area contributed by atoms with Gasteiger partial charge in [-0.15, -0.1) is 0 Å². The zero-order valence-corrected chi connectivity index (χ0v) is 23.7. The Labute approximate surface area is 241 Å². The minimum absolute atomic E-state index is 0.0267. The second kappa shape index (κ2) is 12.7. The van der Waals surface area contributed by atoms with E-state index in [0.717, 1.165) is 16.7 Å². The van der Waals surface area contributed by atoms with E-state index in [1.807, 2.05) is 37.2 Å². The number of hydrogen-bond acceptors (Lipinski definition) is 6. The Balaban J connectivity index is 1.57. The molecule has 1 fully saturated rings. The predicted octanol–water partition coefficient (Wildman–Crippen LogP) is 6.23. The van der Waals surface area contributed by atoms with E-state index in [1.54, 1.807) is 47.4 Å². The van der Waals surface area contributed by atoms with Crippen molar-refractivity contribution in [2.24, 2.45) is 0 Å². The van der Waals surface area contributed by atoms with Crippen LogP contribution in [0.2, 0.25) is 5.02 Å². The molecule has 0 saturated carbocycles. The van der Waals surface area contributed by atoms with Crippen LogP contribution in [0.15, 0.2) is 65.6 Å². The summed E-state index contributed by atoms with van der Waals surface area (Å²) in [6, 6.07) is 16.7. The van der Waals surface area contributed by atoms with Crippen LogP contribution in [0.1, 0.15) is 21.5 Å². The third kappa shape index (κ3) is 7.24. The Hall–Kier alpha value is -3.24. The molecule has 0 radical (unpaired) electrons. The number of rotatable bonds is 10. The van der Waals surface area contributed by atoms with E-state index < -0.39 is 11.8 Å². The lowest BCUT2D eigenvalue weighted by molar-refractivity contribution is -0.122. The number of benzene rings is 3. The highest BCUT2D eigenvalue weighted by molar-refractivity contribution is 8.26. The SMILES string of the molecule is CN(C)CCOc1ccc(-c2ccc(F)c(Cl)c2)cc1/C=C1\SC(=S)N(CCc2ccc(C(=O)O)cc2)C1=O. The van der Waals surface area contributed by atoms with Crippen LogP contribution in [0.4, 0.5) is 4.39 Å². The molecule has 4 rings (SSSR count). The van der Waals surface area contributed by atoms with E-state index in [4.69, 9.17) is 33.7 Å². The first-order chi connectivity index (χ1) is 18.6. The van der Waals surface area contributed by atoms with Gasteiger partial charge in [0.1, 0.15) is 22.5 Å². The number of aromatic carboxylic acids is 1. The number of carboxylic acid groups (broad SMARTS) is 1. The monoisotopic (exact) mass is 584 g/mol. The first-order valence-corrected chi connectivity index (χ1v) is 13.7. The number of likely N-dealkylation sites (N-methyl/N-ethyl adjacent to an activating group) is 1. The summed E-state index contributed by atoms with van der Waals surface area (Å²) >= 11 is 12.7. The minimum atomic E-state index is -0.986. The van der Waals surface area contributed by atoms with Crippen LogP contribution in [0, 0.1) is 5.82 Å². The van der Waals surface area contributed by atoms with Gasteiger partial charge in [0.15, 0.2) is 0 Å². The smallest absolute Gasteiger partial charge is 0.335 e. The van der Waals surface area contributed by atoms with Crippen LogP contribution in [-0.4, -0.2) is 64.9 Å². The number of amides is 1. The van der Waals surface area contributed by atoms with Gasteiger partial charge in [0.2, 0.25) is 0 Å². The molecule has 1 saturated heterocycles. The van der Waals surface area contributed by atoms with Gasteiger partial charge in [0, 0.05) is 18.7 Å². The van der Waals surface area contributed by atoms with Crippen molar-refractivity contribution in [3.05, 3.63) is 93.1 Å².